The molecule has 0 atom stereocenters. The van der Waals surface area contributed by atoms with Gasteiger partial charge in [-0.1, -0.05) is 0 Å². The van der Waals surface area contributed by atoms with E-state index in [-0.39, 0.29) is 5.82 Å². The Balaban J connectivity index is 2.23. The molecular weight excluding hydrogens is 285 g/mol. The molecule has 0 aromatic heterocycles. The summed E-state index contributed by atoms with van der Waals surface area (Å²) in [5, 5.41) is 8.65. The molecule has 17 heavy (non-hydrogen) atoms. The summed E-state index contributed by atoms with van der Waals surface area (Å²) in [4.78, 5) is 0. The fourth-order valence-corrected chi connectivity index (χ4v) is 1.71. The van der Waals surface area contributed by atoms with E-state index in [1.165, 1.54) is 18.2 Å². The lowest BCUT2D eigenvalue weighted by Gasteiger charge is -2.07. The van der Waals surface area contributed by atoms with Crippen LogP contribution in [0.25, 0.3) is 0 Å². The van der Waals surface area contributed by atoms with Crippen LogP contribution in [-0.2, 0) is 0 Å². The Morgan fingerprint density at radius 1 is 1.12 bits per heavy atom. The molecule has 2 rings (SSSR count). The average molecular weight is 292 g/mol. The first-order valence-corrected chi connectivity index (χ1v) is 5.61. The molecule has 0 spiro atoms. The molecule has 0 heterocycles. The second-order valence-corrected chi connectivity index (χ2v) is 4.17. The number of ether oxygens (including phenoxy) is 1. The molecule has 0 bridgehead atoms. The predicted molar refractivity (Wildman–Crippen MR) is 65.3 cm³/mol. The maximum Gasteiger partial charge on any atom is 0.141 e. The van der Waals surface area contributed by atoms with Gasteiger partial charge in [0.1, 0.15) is 17.3 Å². The molecule has 0 aliphatic heterocycles. The monoisotopic (exact) mass is 291 g/mol. The van der Waals surface area contributed by atoms with E-state index in [4.69, 9.17) is 10.00 Å². The van der Waals surface area contributed by atoms with Crippen molar-refractivity contribution in [2.75, 3.05) is 0 Å². The van der Waals surface area contributed by atoms with Gasteiger partial charge >= 0.3 is 0 Å². The highest BCUT2D eigenvalue weighted by molar-refractivity contribution is 9.10. The van der Waals surface area contributed by atoms with Gasteiger partial charge in [0.15, 0.2) is 0 Å². The Morgan fingerprint density at radius 3 is 2.41 bits per heavy atom. The van der Waals surface area contributed by atoms with E-state index in [1.54, 1.807) is 24.3 Å². The van der Waals surface area contributed by atoms with Crippen LogP contribution in [0.15, 0.2) is 46.9 Å². The number of halogens is 2. The van der Waals surface area contributed by atoms with Crippen LogP contribution in [0.2, 0.25) is 0 Å². The van der Waals surface area contributed by atoms with E-state index >= 15 is 0 Å². The van der Waals surface area contributed by atoms with Gasteiger partial charge in [0.05, 0.1) is 16.1 Å². The summed E-state index contributed by atoms with van der Waals surface area (Å²) in [6.45, 7) is 0. The number of nitrogens with zero attached hydrogens (tertiary/aromatic N) is 1. The Bertz CT molecular complexity index is 575. The van der Waals surface area contributed by atoms with Gasteiger partial charge in [0, 0.05) is 0 Å². The van der Waals surface area contributed by atoms with Crippen LogP contribution in [0.1, 0.15) is 5.56 Å². The van der Waals surface area contributed by atoms with Gasteiger partial charge in [0.2, 0.25) is 0 Å². The van der Waals surface area contributed by atoms with E-state index in [0.717, 1.165) is 0 Å². The summed E-state index contributed by atoms with van der Waals surface area (Å²) >= 11 is 3.22. The van der Waals surface area contributed by atoms with Crippen molar-refractivity contribution in [1.82, 2.24) is 0 Å². The van der Waals surface area contributed by atoms with Gasteiger partial charge in [0.25, 0.3) is 0 Å². The average Bonchev–Trinajstić information content (AvgIpc) is 2.34. The lowest BCUT2D eigenvalue weighted by Crippen LogP contribution is -1.86. The highest BCUT2D eigenvalue weighted by Gasteiger charge is 2.04. The molecular formula is C13H7BrFNO. The SMILES string of the molecule is N#Cc1ccc(Oc2ccc(F)cc2Br)cc1. The molecule has 0 unspecified atom stereocenters. The van der Waals surface area contributed by atoms with Gasteiger partial charge in [-0.15, -0.1) is 0 Å². The Hall–Kier alpha value is -1.86. The van der Waals surface area contributed by atoms with Crippen molar-refractivity contribution in [3.05, 3.63) is 58.3 Å². The van der Waals surface area contributed by atoms with E-state index in [2.05, 4.69) is 15.9 Å². The summed E-state index contributed by atoms with van der Waals surface area (Å²) < 4.78 is 18.9. The quantitative estimate of drug-likeness (QED) is 0.828. The lowest BCUT2D eigenvalue weighted by atomic mass is 10.2. The zero-order valence-electron chi connectivity index (χ0n) is 8.65. The van der Waals surface area contributed by atoms with Crippen LogP contribution < -0.4 is 4.74 Å². The van der Waals surface area contributed by atoms with Crippen LogP contribution in [-0.4, -0.2) is 0 Å². The van der Waals surface area contributed by atoms with Crippen LogP contribution in [0.5, 0.6) is 11.5 Å². The van der Waals surface area contributed by atoms with Crippen molar-refractivity contribution in [3.8, 4) is 17.6 Å². The van der Waals surface area contributed by atoms with Gasteiger partial charge in [-0.2, -0.15) is 5.26 Å². The zero-order chi connectivity index (χ0) is 12.3. The number of rotatable bonds is 2. The second kappa shape index (κ2) is 4.98. The molecule has 2 nitrogen and oxygen atoms in total. The van der Waals surface area contributed by atoms with Crippen LogP contribution in [0.4, 0.5) is 4.39 Å². The number of hydrogen-bond donors (Lipinski definition) is 0. The minimum Gasteiger partial charge on any atom is -0.456 e. The van der Waals surface area contributed by atoms with Gasteiger partial charge in [-0.05, 0) is 58.4 Å². The molecule has 84 valence electrons. The third-order valence-corrected chi connectivity index (χ3v) is 2.72. The molecule has 0 saturated heterocycles. The first-order valence-electron chi connectivity index (χ1n) is 4.82. The van der Waals surface area contributed by atoms with E-state index < -0.39 is 0 Å². The molecule has 0 amide bonds. The largest absolute Gasteiger partial charge is 0.456 e. The highest BCUT2D eigenvalue weighted by atomic mass is 79.9. The lowest BCUT2D eigenvalue weighted by molar-refractivity contribution is 0.477. The van der Waals surface area contributed by atoms with Crippen molar-refractivity contribution in [3.63, 3.8) is 0 Å². The maximum absolute atomic E-state index is 12.9. The Labute approximate surface area is 106 Å². The van der Waals surface area contributed by atoms with Crippen molar-refractivity contribution in [2.24, 2.45) is 0 Å². The maximum atomic E-state index is 12.9. The standard InChI is InChI=1S/C13H7BrFNO/c14-12-7-10(15)3-6-13(12)17-11-4-1-9(8-16)2-5-11/h1-7H. The molecule has 0 aliphatic carbocycles. The minimum absolute atomic E-state index is 0.330. The number of nitriles is 1. The first-order chi connectivity index (χ1) is 8.19. The molecule has 0 N–H and O–H groups in total. The normalized spacial score (nSPS) is 9.71. The number of benzene rings is 2. The second-order valence-electron chi connectivity index (χ2n) is 3.31. The van der Waals surface area contributed by atoms with E-state index in [0.29, 0.717) is 21.5 Å². The van der Waals surface area contributed by atoms with E-state index in [1.807, 2.05) is 6.07 Å². The molecule has 0 saturated carbocycles. The van der Waals surface area contributed by atoms with Crippen molar-refractivity contribution in [1.29, 1.82) is 5.26 Å². The van der Waals surface area contributed by atoms with Gasteiger partial charge in [-0.3, -0.25) is 0 Å². The van der Waals surface area contributed by atoms with Crippen LogP contribution >= 0.6 is 15.9 Å². The molecule has 0 fully saturated rings. The Kier molecular flexibility index (Phi) is 3.40. The predicted octanol–water partition coefficient (Wildman–Crippen LogP) is 4.25. The van der Waals surface area contributed by atoms with Gasteiger partial charge < -0.3 is 4.74 Å². The third kappa shape index (κ3) is 2.83. The van der Waals surface area contributed by atoms with Gasteiger partial charge in [-0.25, -0.2) is 4.39 Å². The topological polar surface area (TPSA) is 33.0 Å². The fraction of sp³-hybridized carbons (Fsp3) is 0. The van der Waals surface area contributed by atoms with Crippen LogP contribution in [0, 0.1) is 17.1 Å². The molecule has 2 aromatic rings. The molecule has 2 aromatic carbocycles. The summed E-state index contributed by atoms with van der Waals surface area (Å²) in [5.41, 5.74) is 0.565. The minimum atomic E-state index is -0.330. The zero-order valence-corrected chi connectivity index (χ0v) is 10.2. The molecule has 4 heteroatoms. The molecule has 0 aliphatic rings. The number of hydrogen-bond acceptors (Lipinski definition) is 2. The smallest absolute Gasteiger partial charge is 0.141 e. The van der Waals surface area contributed by atoms with Crippen LogP contribution in [0.3, 0.4) is 0 Å². The highest BCUT2D eigenvalue weighted by Crippen LogP contribution is 2.30. The third-order valence-electron chi connectivity index (χ3n) is 2.11. The first kappa shape index (κ1) is 11.6. The summed E-state index contributed by atoms with van der Waals surface area (Å²) in [7, 11) is 0. The van der Waals surface area contributed by atoms with Crippen molar-refractivity contribution in [2.45, 2.75) is 0 Å². The summed E-state index contributed by atoms with van der Waals surface area (Å²) in [6.07, 6.45) is 0. The van der Waals surface area contributed by atoms with Crippen molar-refractivity contribution >= 4 is 15.9 Å². The molecule has 0 radical (unpaired) electrons. The fourth-order valence-electron chi connectivity index (χ4n) is 1.28. The van der Waals surface area contributed by atoms with E-state index in [9.17, 15) is 4.39 Å². The Morgan fingerprint density at radius 2 is 1.82 bits per heavy atom. The summed E-state index contributed by atoms with van der Waals surface area (Å²) in [6, 6.07) is 12.9. The van der Waals surface area contributed by atoms with Crippen molar-refractivity contribution < 1.29 is 9.13 Å². The summed E-state index contributed by atoms with van der Waals surface area (Å²) in [5.74, 6) is 0.788.